The van der Waals surface area contributed by atoms with Gasteiger partial charge in [-0.2, -0.15) is 0 Å². The van der Waals surface area contributed by atoms with Gasteiger partial charge in [-0.15, -0.1) is 11.3 Å². The number of hydrogen-bond acceptors (Lipinski definition) is 3. The molecule has 0 unspecified atom stereocenters. The van der Waals surface area contributed by atoms with Crippen LogP contribution in [0, 0.1) is 0 Å². The number of likely N-dealkylation sites (N-methyl/N-ethyl adjacent to an activating group) is 1. The minimum atomic E-state index is -0.0149. The zero-order valence-electron chi connectivity index (χ0n) is 13.3. The zero-order chi connectivity index (χ0) is 16.9. The highest BCUT2D eigenvalue weighted by Gasteiger charge is 2.09. The summed E-state index contributed by atoms with van der Waals surface area (Å²) in [5.41, 5.74) is 1.56. The maximum absolute atomic E-state index is 12.4. The van der Waals surface area contributed by atoms with E-state index in [1.54, 1.807) is 28.4 Å². The molecule has 5 heteroatoms. The fourth-order valence-electron chi connectivity index (χ4n) is 2.40. The molecule has 3 nitrogen and oxygen atoms in total. The smallest absolute Gasteiger partial charge is 0.246 e. The summed E-state index contributed by atoms with van der Waals surface area (Å²) >= 11 is 7.67. The molecule has 0 aliphatic carbocycles. The Hall–Kier alpha value is -2.17. The van der Waals surface area contributed by atoms with Gasteiger partial charge in [0.25, 0.3) is 0 Å². The summed E-state index contributed by atoms with van der Waals surface area (Å²) in [4.78, 5) is 19.9. The van der Waals surface area contributed by atoms with Gasteiger partial charge in [0.05, 0.1) is 17.8 Å². The van der Waals surface area contributed by atoms with Crippen molar-refractivity contribution >= 4 is 45.8 Å². The molecule has 3 aromatic rings. The maximum Gasteiger partial charge on any atom is 0.246 e. The Balaban J connectivity index is 1.75. The molecule has 0 N–H and O–H groups in total. The molecule has 0 radical (unpaired) electrons. The molecule has 0 bridgehead atoms. The number of carbonyl (C=O) groups excluding carboxylic acids is 1. The van der Waals surface area contributed by atoms with Crippen LogP contribution < -0.4 is 0 Å². The standard InChI is InChI=1S/C19H17ClN2OS/c1-2-22(13-17-4-3-11-24-17)19(23)10-9-16-8-6-14-5-7-15(20)12-18(14)21-16/h3-12H,2,13H2,1H3. The number of nitrogens with zero attached hydrogens (tertiary/aromatic N) is 2. The average Bonchev–Trinajstić information content (AvgIpc) is 3.10. The number of aromatic nitrogens is 1. The van der Waals surface area contributed by atoms with E-state index in [0.29, 0.717) is 18.1 Å². The van der Waals surface area contributed by atoms with E-state index in [-0.39, 0.29) is 5.91 Å². The predicted molar refractivity (Wildman–Crippen MR) is 101 cm³/mol. The third-order valence-electron chi connectivity index (χ3n) is 3.69. The van der Waals surface area contributed by atoms with Gasteiger partial charge in [0.15, 0.2) is 0 Å². The van der Waals surface area contributed by atoms with E-state index in [9.17, 15) is 4.79 Å². The zero-order valence-corrected chi connectivity index (χ0v) is 14.8. The number of fused-ring (bicyclic) bond motifs is 1. The number of halogens is 1. The molecule has 3 rings (SSSR count). The van der Waals surface area contributed by atoms with Crippen LogP contribution in [0.25, 0.3) is 17.0 Å². The second kappa shape index (κ2) is 7.60. The summed E-state index contributed by atoms with van der Waals surface area (Å²) < 4.78 is 0. The fourth-order valence-corrected chi connectivity index (χ4v) is 3.28. The van der Waals surface area contributed by atoms with Crippen LogP contribution in [0.2, 0.25) is 5.02 Å². The van der Waals surface area contributed by atoms with Crippen molar-refractivity contribution in [3.8, 4) is 0 Å². The minimum absolute atomic E-state index is 0.0149. The molecule has 0 saturated carbocycles. The molecular weight excluding hydrogens is 340 g/mol. The van der Waals surface area contributed by atoms with Crippen LogP contribution in [-0.4, -0.2) is 22.3 Å². The largest absolute Gasteiger partial charge is 0.334 e. The summed E-state index contributed by atoms with van der Waals surface area (Å²) in [5, 5.41) is 3.70. The average molecular weight is 357 g/mol. The molecule has 1 amide bonds. The number of thiophene rings is 1. The van der Waals surface area contributed by atoms with Crippen LogP contribution in [0.15, 0.2) is 53.9 Å². The first-order valence-corrected chi connectivity index (χ1v) is 8.97. The first-order chi connectivity index (χ1) is 11.7. The van der Waals surface area contributed by atoms with Gasteiger partial charge in [0.2, 0.25) is 5.91 Å². The molecule has 0 aliphatic heterocycles. The Morgan fingerprint density at radius 3 is 2.88 bits per heavy atom. The quantitative estimate of drug-likeness (QED) is 0.602. The summed E-state index contributed by atoms with van der Waals surface area (Å²) in [6.07, 6.45) is 3.33. The third-order valence-corrected chi connectivity index (χ3v) is 4.79. The number of pyridine rings is 1. The fraction of sp³-hybridized carbons (Fsp3) is 0.158. The molecule has 0 spiro atoms. The van der Waals surface area contributed by atoms with Gasteiger partial charge >= 0.3 is 0 Å². The molecule has 122 valence electrons. The molecule has 1 aromatic carbocycles. The summed E-state index contributed by atoms with van der Waals surface area (Å²) in [5.74, 6) is -0.0149. The lowest BCUT2D eigenvalue weighted by atomic mass is 10.2. The van der Waals surface area contributed by atoms with E-state index in [4.69, 9.17) is 11.6 Å². The Kier molecular flexibility index (Phi) is 5.28. The van der Waals surface area contributed by atoms with Crippen LogP contribution in [0.3, 0.4) is 0 Å². The lowest BCUT2D eigenvalue weighted by molar-refractivity contribution is -0.126. The first-order valence-electron chi connectivity index (χ1n) is 7.71. The van der Waals surface area contributed by atoms with Crippen molar-refractivity contribution in [2.24, 2.45) is 0 Å². The molecular formula is C19H17ClN2OS. The second-order valence-electron chi connectivity index (χ2n) is 5.34. The van der Waals surface area contributed by atoms with E-state index in [2.05, 4.69) is 4.98 Å². The van der Waals surface area contributed by atoms with Gasteiger partial charge in [-0.05, 0) is 42.6 Å². The van der Waals surface area contributed by atoms with Crippen molar-refractivity contribution < 1.29 is 4.79 Å². The van der Waals surface area contributed by atoms with Gasteiger partial charge in [-0.1, -0.05) is 29.8 Å². The highest BCUT2D eigenvalue weighted by Crippen LogP contribution is 2.18. The highest BCUT2D eigenvalue weighted by atomic mass is 35.5. The van der Waals surface area contributed by atoms with Crippen molar-refractivity contribution in [2.45, 2.75) is 13.5 Å². The predicted octanol–water partition coefficient (Wildman–Crippen LogP) is 5.01. The SMILES string of the molecule is CCN(Cc1cccs1)C(=O)C=Cc1ccc2ccc(Cl)cc2n1. The maximum atomic E-state index is 12.4. The van der Waals surface area contributed by atoms with E-state index < -0.39 is 0 Å². The van der Waals surface area contributed by atoms with Crippen molar-refractivity contribution in [1.82, 2.24) is 9.88 Å². The van der Waals surface area contributed by atoms with Crippen molar-refractivity contribution in [3.05, 3.63) is 69.5 Å². The van der Waals surface area contributed by atoms with Crippen LogP contribution in [0.4, 0.5) is 0 Å². The van der Waals surface area contributed by atoms with Gasteiger partial charge < -0.3 is 4.90 Å². The van der Waals surface area contributed by atoms with Gasteiger partial charge in [0.1, 0.15) is 0 Å². The molecule has 0 fully saturated rings. The normalized spacial score (nSPS) is 11.2. The molecule has 0 atom stereocenters. The molecule has 24 heavy (non-hydrogen) atoms. The lowest BCUT2D eigenvalue weighted by Crippen LogP contribution is -2.28. The number of carbonyl (C=O) groups is 1. The van der Waals surface area contributed by atoms with E-state index in [1.165, 1.54) is 4.88 Å². The number of hydrogen-bond donors (Lipinski definition) is 0. The Morgan fingerprint density at radius 1 is 1.29 bits per heavy atom. The molecule has 0 saturated heterocycles. The van der Waals surface area contributed by atoms with Gasteiger partial charge in [0, 0.05) is 27.9 Å². The Morgan fingerprint density at radius 2 is 2.12 bits per heavy atom. The van der Waals surface area contributed by atoms with E-state index >= 15 is 0 Å². The molecule has 0 aliphatic rings. The van der Waals surface area contributed by atoms with Gasteiger partial charge in [-0.3, -0.25) is 4.79 Å². The topological polar surface area (TPSA) is 33.2 Å². The monoisotopic (exact) mass is 356 g/mol. The van der Waals surface area contributed by atoms with Crippen LogP contribution in [0.5, 0.6) is 0 Å². The summed E-state index contributed by atoms with van der Waals surface area (Å²) in [6, 6.07) is 13.5. The number of benzene rings is 1. The number of amides is 1. The lowest BCUT2D eigenvalue weighted by Gasteiger charge is -2.18. The van der Waals surface area contributed by atoms with Gasteiger partial charge in [-0.25, -0.2) is 4.98 Å². The van der Waals surface area contributed by atoms with Crippen molar-refractivity contribution in [2.75, 3.05) is 6.54 Å². The Bertz CT molecular complexity index is 874. The van der Waals surface area contributed by atoms with Crippen LogP contribution in [-0.2, 0) is 11.3 Å². The van der Waals surface area contributed by atoms with Crippen molar-refractivity contribution in [3.63, 3.8) is 0 Å². The number of rotatable bonds is 5. The van der Waals surface area contributed by atoms with Crippen molar-refractivity contribution in [1.29, 1.82) is 0 Å². The highest BCUT2D eigenvalue weighted by molar-refractivity contribution is 7.09. The summed E-state index contributed by atoms with van der Waals surface area (Å²) in [7, 11) is 0. The van der Waals surface area contributed by atoms with E-state index in [0.717, 1.165) is 16.6 Å². The second-order valence-corrected chi connectivity index (χ2v) is 6.81. The first kappa shape index (κ1) is 16.7. The van der Waals surface area contributed by atoms with Crippen LogP contribution >= 0.6 is 22.9 Å². The Labute approximate surface area is 150 Å². The van der Waals surface area contributed by atoms with E-state index in [1.807, 2.05) is 54.8 Å². The molecule has 2 heterocycles. The third kappa shape index (κ3) is 4.02. The minimum Gasteiger partial charge on any atom is -0.334 e. The molecule has 2 aromatic heterocycles. The summed E-state index contributed by atoms with van der Waals surface area (Å²) in [6.45, 7) is 3.29. The van der Waals surface area contributed by atoms with Crippen LogP contribution in [0.1, 0.15) is 17.5 Å².